The minimum Gasteiger partial charge on any atom is -0.351 e. The minimum absolute atomic E-state index is 0.0649. The van der Waals surface area contributed by atoms with Gasteiger partial charge in [0.25, 0.3) is 5.91 Å². The van der Waals surface area contributed by atoms with Crippen LogP contribution in [0.15, 0.2) is 48.5 Å². The van der Waals surface area contributed by atoms with E-state index < -0.39 is 10.0 Å². The van der Waals surface area contributed by atoms with Gasteiger partial charge in [-0.25, -0.2) is 13.1 Å². The summed E-state index contributed by atoms with van der Waals surface area (Å²) in [5.41, 5.74) is 4.18. The second kappa shape index (κ2) is 7.31. The van der Waals surface area contributed by atoms with Crippen molar-refractivity contribution in [1.29, 1.82) is 0 Å². The number of hydrogen-bond donors (Lipinski definition) is 3. The lowest BCUT2D eigenvalue weighted by atomic mass is 10.1. The van der Waals surface area contributed by atoms with Crippen LogP contribution in [0.1, 0.15) is 27.2 Å². The van der Waals surface area contributed by atoms with E-state index in [-0.39, 0.29) is 11.7 Å². The van der Waals surface area contributed by atoms with Crippen LogP contribution in [0.4, 0.5) is 0 Å². The van der Waals surface area contributed by atoms with E-state index in [1.807, 2.05) is 43.3 Å². The van der Waals surface area contributed by atoms with Crippen molar-refractivity contribution < 1.29 is 13.2 Å². The zero-order valence-electron chi connectivity index (χ0n) is 14.7. The lowest BCUT2D eigenvalue weighted by Gasteiger charge is -2.06. The summed E-state index contributed by atoms with van der Waals surface area (Å²) in [5, 5.41) is 3.87. The molecule has 3 N–H and O–H groups in total. The SMILES string of the molecule is CNS(=O)(=O)Cc1ccc(CNC(=O)c2cc3ccc(C)cc3[nH]2)cc1. The molecule has 0 unspecified atom stereocenters. The van der Waals surface area contributed by atoms with Gasteiger partial charge in [-0.05, 0) is 42.8 Å². The lowest BCUT2D eigenvalue weighted by Crippen LogP contribution is -2.23. The van der Waals surface area contributed by atoms with Gasteiger partial charge in [0, 0.05) is 17.4 Å². The van der Waals surface area contributed by atoms with E-state index in [0.717, 1.165) is 22.0 Å². The molecule has 0 aliphatic rings. The van der Waals surface area contributed by atoms with Gasteiger partial charge in [0.05, 0.1) is 5.75 Å². The van der Waals surface area contributed by atoms with Gasteiger partial charge in [0.1, 0.15) is 5.69 Å². The molecule has 0 aliphatic carbocycles. The van der Waals surface area contributed by atoms with Crippen LogP contribution in [0.25, 0.3) is 10.9 Å². The maximum Gasteiger partial charge on any atom is 0.267 e. The Bertz CT molecular complexity index is 1040. The number of aromatic nitrogens is 1. The molecule has 1 heterocycles. The highest BCUT2D eigenvalue weighted by atomic mass is 32.2. The number of hydrogen-bond acceptors (Lipinski definition) is 3. The number of rotatable bonds is 6. The third-order valence-electron chi connectivity index (χ3n) is 4.17. The van der Waals surface area contributed by atoms with Crippen molar-refractivity contribution in [3.63, 3.8) is 0 Å². The van der Waals surface area contributed by atoms with E-state index in [1.54, 1.807) is 12.1 Å². The molecule has 3 rings (SSSR count). The highest BCUT2D eigenvalue weighted by Crippen LogP contribution is 2.17. The van der Waals surface area contributed by atoms with Gasteiger partial charge in [-0.1, -0.05) is 36.4 Å². The van der Waals surface area contributed by atoms with E-state index in [9.17, 15) is 13.2 Å². The number of H-pyrrole nitrogens is 1. The molecule has 1 aromatic heterocycles. The number of aryl methyl sites for hydroxylation is 1. The Kier molecular flexibility index (Phi) is 5.11. The van der Waals surface area contributed by atoms with Crippen LogP contribution in [0, 0.1) is 6.92 Å². The van der Waals surface area contributed by atoms with E-state index in [2.05, 4.69) is 15.0 Å². The van der Waals surface area contributed by atoms with Gasteiger partial charge < -0.3 is 10.3 Å². The predicted octanol–water partition coefficient (Wildman–Crippen LogP) is 2.46. The Morgan fingerprint density at radius 1 is 1.04 bits per heavy atom. The fourth-order valence-electron chi connectivity index (χ4n) is 2.69. The molecule has 7 heteroatoms. The molecule has 0 fully saturated rings. The maximum atomic E-state index is 12.3. The average molecular weight is 371 g/mol. The van der Waals surface area contributed by atoms with Crippen molar-refractivity contribution in [2.45, 2.75) is 19.2 Å². The molecule has 1 amide bonds. The van der Waals surface area contributed by atoms with Crippen molar-refractivity contribution in [2.24, 2.45) is 0 Å². The monoisotopic (exact) mass is 371 g/mol. The largest absolute Gasteiger partial charge is 0.351 e. The van der Waals surface area contributed by atoms with Gasteiger partial charge in [0.15, 0.2) is 0 Å². The molecule has 0 saturated heterocycles. The van der Waals surface area contributed by atoms with Crippen LogP contribution >= 0.6 is 0 Å². The first-order valence-corrected chi connectivity index (χ1v) is 9.88. The molecule has 0 spiro atoms. The highest BCUT2D eigenvalue weighted by molar-refractivity contribution is 7.88. The van der Waals surface area contributed by atoms with Crippen LogP contribution < -0.4 is 10.0 Å². The molecule has 0 aliphatic heterocycles. The van der Waals surface area contributed by atoms with Crippen LogP contribution in [-0.2, 0) is 22.3 Å². The van der Waals surface area contributed by atoms with E-state index in [1.165, 1.54) is 7.05 Å². The number of aromatic amines is 1. The molecule has 3 aromatic rings. The number of amides is 1. The molecule has 26 heavy (non-hydrogen) atoms. The molecule has 6 nitrogen and oxygen atoms in total. The van der Waals surface area contributed by atoms with Gasteiger partial charge in [-0.3, -0.25) is 4.79 Å². The zero-order valence-corrected chi connectivity index (χ0v) is 15.5. The molecule has 0 bridgehead atoms. The zero-order chi connectivity index (χ0) is 18.7. The van der Waals surface area contributed by atoms with Gasteiger partial charge in [-0.2, -0.15) is 0 Å². The Labute approximate surface area is 152 Å². The summed E-state index contributed by atoms with van der Waals surface area (Å²) in [7, 11) is -1.89. The molecule has 136 valence electrons. The summed E-state index contributed by atoms with van der Waals surface area (Å²) >= 11 is 0. The van der Waals surface area contributed by atoms with E-state index >= 15 is 0 Å². The number of carbonyl (C=O) groups is 1. The Hall–Kier alpha value is -2.64. The molecular weight excluding hydrogens is 350 g/mol. The predicted molar refractivity (Wildman–Crippen MR) is 102 cm³/mol. The average Bonchev–Trinajstić information content (AvgIpc) is 3.04. The summed E-state index contributed by atoms with van der Waals surface area (Å²) in [6.45, 7) is 2.37. The van der Waals surface area contributed by atoms with Gasteiger partial charge in [0.2, 0.25) is 10.0 Å². The van der Waals surface area contributed by atoms with Crippen LogP contribution in [0.3, 0.4) is 0 Å². The Balaban J connectivity index is 1.63. The number of fused-ring (bicyclic) bond motifs is 1. The normalized spacial score (nSPS) is 11.6. The van der Waals surface area contributed by atoms with Crippen molar-refractivity contribution in [3.8, 4) is 0 Å². The second-order valence-electron chi connectivity index (χ2n) is 6.24. The fraction of sp³-hybridized carbons (Fsp3) is 0.211. The highest BCUT2D eigenvalue weighted by Gasteiger charge is 2.10. The standard InChI is InChI=1S/C19H21N3O3S/c1-13-3-8-16-10-18(22-17(16)9-13)19(23)21-11-14-4-6-15(7-5-14)12-26(24,25)20-2/h3-10,20,22H,11-12H2,1-2H3,(H,21,23). The quantitative estimate of drug-likeness (QED) is 0.622. The molecule has 0 atom stereocenters. The summed E-state index contributed by atoms with van der Waals surface area (Å²) in [5.74, 6) is -0.245. The summed E-state index contributed by atoms with van der Waals surface area (Å²) in [4.78, 5) is 15.5. The van der Waals surface area contributed by atoms with Crippen molar-refractivity contribution in [1.82, 2.24) is 15.0 Å². The smallest absolute Gasteiger partial charge is 0.267 e. The molecule has 0 saturated carbocycles. The van der Waals surface area contributed by atoms with Crippen LogP contribution in [0.5, 0.6) is 0 Å². The summed E-state index contributed by atoms with van der Waals surface area (Å²) in [6.07, 6.45) is 0. The third kappa shape index (κ3) is 4.30. The minimum atomic E-state index is -3.29. The summed E-state index contributed by atoms with van der Waals surface area (Å²) in [6, 6.07) is 15.0. The fourth-order valence-corrected chi connectivity index (χ4v) is 3.46. The topological polar surface area (TPSA) is 91.1 Å². The number of nitrogens with one attached hydrogen (secondary N) is 3. The Morgan fingerprint density at radius 3 is 2.42 bits per heavy atom. The number of carbonyl (C=O) groups excluding carboxylic acids is 1. The third-order valence-corrected chi connectivity index (χ3v) is 5.50. The first-order valence-electron chi connectivity index (χ1n) is 8.23. The van der Waals surface area contributed by atoms with E-state index in [0.29, 0.717) is 17.8 Å². The molecule has 0 radical (unpaired) electrons. The Morgan fingerprint density at radius 2 is 1.73 bits per heavy atom. The molecular formula is C19H21N3O3S. The number of benzene rings is 2. The van der Waals surface area contributed by atoms with Crippen molar-refractivity contribution in [3.05, 3.63) is 70.9 Å². The first-order chi connectivity index (χ1) is 12.4. The van der Waals surface area contributed by atoms with Crippen LogP contribution in [0.2, 0.25) is 0 Å². The number of sulfonamides is 1. The summed E-state index contributed by atoms with van der Waals surface area (Å²) < 4.78 is 25.4. The first kappa shape index (κ1) is 18.2. The second-order valence-corrected chi connectivity index (χ2v) is 8.16. The van der Waals surface area contributed by atoms with E-state index in [4.69, 9.17) is 0 Å². The maximum absolute atomic E-state index is 12.3. The van der Waals surface area contributed by atoms with Crippen molar-refractivity contribution in [2.75, 3.05) is 7.05 Å². The van der Waals surface area contributed by atoms with Crippen LogP contribution in [-0.4, -0.2) is 26.4 Å². The van der Waals surface area contributed by atoms with Gasteiger partial charge in [-0.15, -0.1) is 0 Å². The lowest BCUT2D eigenvalue weighted by molar-refractivity contribution is 0.0946. The van der Waals surface area contributed by atoms with Crippen molar-refractivity contribution >= 4 is 26.8 Å². The molecule has 2 aromatic carbocycles. The van der Waals surface area contributed by atoms with Gasteiger partial charge >= 0.3 is 0 Å².